The van der Waals surface area contributed by atoms with Gasteiger partial charge in [-0.1, -0.05) is 25.4 Å². The van der Waals surface area contributed by atoms with E-state index in [1.807, 2.05) is 25.1 Å². The van der Waals surface area contributed by atoms with Crippen LogP contribution in [0.25, 0.3) is 11.5 Å². The molecular formula is C14H17ClN2O. The third kappa shape index (κ3) is 3.12. The molecule has 0 aliphatic carbocycles. The molecule has 0 spiro atoms. The predicted octanol–water partition coefficient (Wildman–Crippen LogP) is 3.80. The number of aryl methyl sites for hydroxylation is 1. The van der Waals surface area contributed by atoms with Crippen molar-refractivity contribution in [2.75, 3.05) is 0 Å². The third-order valence-corrected chi connectivity index (χ3v) is 2.90. The average Bonchev–Trinajstić information content (AvgIpc) is 2.75. The Morgan fingerprint density at radius 2 is 2.17 bits per heavy atom. The first kappa shape index (κ1) is 13.1. The van der Waals surface area contributed by atoms with Crippen LogP contribution in [0, 0.1) is 6.92 Å². The maximum Gasteiger partial charge on any atom is 0.226 e. The molecule has 0 aliphatic heterocycles. The molecule has 0 saturated carbocycles. The van der Waals surface area contributed by atoms with Crippen LogP contribution in [0.3, 0.4) is 0 Å². The smallest absolute Gasteiger partial charge is 0.226 e. The molecule has 2 aromatic rings. The number of aromatic nitrogens is 1. The van der Waals surface area contributed by atoms with Gasteiger partial charge in [-0.05, 0) is 30.7 Å². The molecule has 0 unspecified atom stereocenters. The molecule has 4 heteroatoms. The zero-order valence-electron chi connectivity index (χ0n) is 10.8. The minimum absolute atomic E-state index is 0.433. The standard InChI is InChI=1S/C14H17ClN2O/c1-9(2)16-7-12-8-18-14(17-12)13-5-4-11(15)6-10(13)3/h4-6,8-9,16H,7H2,1-3H3. The minimum Gasteiger partial charge on any atom is -0.444 e. The highest BCUT2D eigenvalue weighted by Crippen LogP contribution is 2.25. The van der Waals surface area contributed by atoms with Crippen molar-refractivity contribution in [1.29, 1.82) is 0 Å². The first-order valence-electron chi connectivity index (χ1n) is 6.00. The van der Waals surface area contributed by atoms with Crippen LogP contribution in [0.4, 0.5) is 0 Å². The van der Waals surface area contributed by atoms with Gasteiger partial charge in [-0.15, -0.1) is 0 Å². The van der Waals surface area contributed by atoms with E-state index < -0.39 is 0 Å². The van der Waals surface area contributed by atoms with Crippen LogP contribution < -0.4 is 5.32 Å². The lowest BCUT2D eigenvalue weighted by atomic mass is 10.1. The SMILES string of the molecule is Cc1cc(Cl)ccc1-c1nc(CNC(C)C)co1. The zero-order valence-corrected chi connectivity index (χ0v) is 11.6. The van der Waals surface area contributed by atoms with E-state index in [9.17, 15) is 0 Å². The van der Waals surface area contributed by atoms with Crippen molar-refractivity contribution in [3.63, 3.8) is 0 Å². The highest BCUT2D eigenvalue weighted by Gasteiger charge is 2.09. The Labute approximate surface area is 112 Å². The summed E-state index contributed by atoms with van der Waals surface area (Å²) in [5.41, 5.74) is 2.95. The maximum atomic E-state index is 5.93. The fourth-order valence-electron chi connectivity index (χ4n) is 1.69. The molecule has 0 aliphatic rings. The van der Waals surface area contributed by atoms with Crippen molar-refractivity contribution < 1.29 is 4.42 Å². The minimum atomic E-state index is 0.433. The molecule has 0 amide bonds. The lowest BCUT2D eigenvalue weighted by Crippen LogP contribution is -2.21. The van der Waals surface area contributed by atoms with Crippen LogP contribution in [0.1, 0.15) is 25.1 Å². The summed E-state index contributed by atoms with van der Waals surface area (Å²) >= 11 is 5.93. The largest absolute Gasteiger partial charge is 0.444 e. The molecule has 1 N–H and O–H groups in total. The second-order valence-electron chi connectivity index (χ2n) is 4.64. The first-order chi connectivity index (χ1) is 8.56. The van der Waals surface area contributed by atoms with Crippen LogP contribution >= 0.6 is 11.6 Å². The number of rotatable bonds is 4. The summed E-state index contributed by atoms with van der Waals surface area (Å²) in [6.45, 7) is 6.92. The molecule has 0 atom stereocenters. The summed E-state index contributed by atoms with van der Waals surface area (Å²) in [5.74, 6) is 0.643. The van der Waals surface area contributed by atoms with Crippen molar-refractivity contribution >= 4 is 11.6 Å². The molecular weight excluding hydrogens is 248 g/mol. The highest BCUT2D eigenvalue weighted by atomic mass is 35.5. The molecule has 1 aromatic carbocycles. The molecule has 18 heavy (non-hydrogen) atoms. The van der Waals surface area contributed by atoms with Crippen molar-refractivity contribution in [2.45, 2.75) is 33.4 Å². The van der Waals surface area contributed by atoms with Gasteiger partial charge in [0.05, 0.1) is 5.69 Å². The number of nitrogens with zero attached hydrogens (tertiary/aromatic N) is 1. The Balaban J connectivity index is 2.18. The number of oxazole rings is 1. The van der Waals surface area contributed by atoms with Gasteiger partial charge in [0, 0.05) is 23.2 Å². The van der Waals surface area contributed by atoms with Gasteiger partial charge in [-0.2, -0.15) is 0 Å². The van der Waals surface area contributed by atoms with Crippen LogP contribution in [-0.4, -0.2) is 11.0 Å². The highest BCUT2D eigenvalue weighted by molar-refractivity contribution is 6.30. The van der Waals surface area contributed by atoms with E-state index in [1.165, 1.54) is 0 Å². The van der Waals surface area contributed by atoms with E-state index in [-0.39, 0.29) is 0 Å². The van der Waals surface area contributed by atoms with Crippen molar-refractivity contribution in [1.82, 2.24) is 10.3 Å². The Morgan fingerprint density at radius 1 is 1.39 bits per heavy atom. The normalized spacial score (nSPS) is 11.2. The summed E-state index contributed by atoms with van der Waals surface area (Å²) in [5, 5.41) is 4.03. The van der Waals surface area contributed by atoms with Gasteiger partial charge in [0.1, 0.15) is 6.26 Å². The van der Waals surface area contributed by atoms with Crippen LogP contribution in [0.2, 0.25) is 5.02 Å². The Kier molecular flexibility index (Phi) is 4.04. The number of hydrogen-bond donors (Lipinski definition) is 1. The van der Waals surface area contributed by atoms with Crippen LogP contribution in [0.5, 0.6) is 0 Å². The summed E-state index contributed by atoms with van der Waals surface area (Å²) in [7, 11) is 0. The fourth-order valence-corrected chi connectivity index (χ4v) is 1.91. The van der Waals surface area contributed by atoms with E-state index in [0.29, 0.717) is 18.5 Å². The molecule has 1 heterocycles. The second-order valence-corrected chi connectivity index (χ2v) is 5.08. The summed E-state index contributed by atoms with van der Waals surface area (Å²) < 4.78 is 5.51. The van der Waals surface area contributed by atoms with E-state index >= 15 is 0 Å². The fraction of sp³-hybridized carbons (Fsp3) is 0.357. The summed E-state index contributed by atoms with van der Waals surface area (Å²) in [4.78, 5) is 4.47. The molecule has 2 rings (SSSR count). The quantitative estimate of drug-likeness (QED) is 0.913. The van der Waals surface area contributed by atoms with E-state index in [1.54, 1.807) is 6.26 Å². The van der Waals surface area contributed by atoms with Crippen LogP contribution in [0.15, 0.2) is 28.9 Å². The van der Waals surface area contributed by atoms with Gasteiger partial charge < -0.3 is 9.73 Å². The number of benzene rings is 1. The average molecular weight is 265 g/mol. The molecule has 0 fully saturated rings. The number of nitrogens with one attached hydrogen (secondary N) is 1. The Morgan fingerprint density at radius 3 is 2.83 bits per heavy atom. The Hall–Kier alpha value is -1.32. The van der Waals surface area contributed by atoms with E-state index in [2.05, 4.69) is 24.1 Å². The molecule has 0 saturated heterocycles. The second kappa shape index (κ2) is 5.55. The molecule has 3 nitrogen and oxygen atoms in total. The van der Waals surface area contributed by atoms with E-state index in [4.69, 9.17) is 16.0 Å². The molecule has 1 aromatic heterocycles. The third-order valence-electron chi connectivity index (χ3n) is 2.66. The first-order valence-corrected chi connectivity index (χ1v) is 6.38. The van der Waals surface area contributed by atoms with Crippen molar-refractivity contribution in [2.24, 2.45) is 0 Å². The monoisotopic (exact) mass is 264 g/mol. The molecule has 0 radical (unpaired) electrons. The zero-order chi connectivity index (χ0) is 13.1. The van der Waals surface area contributed by atoms with Gasteiger partial charge in [-0.25, -0.2) is 4.98 Å². The Bertz CT molecular complexity index is 534. The lowest BCUT2D eigenvalue weighted by Gasteiger charge is -2.04. The summed E-state index contributed by atoms with van der Waals surface area (Å²) in [6, 6.07) is 6.12. The predicted molar refractivity (Wildman–Crippen MR) is 73.7 cm³/mol. The van der Waals surface area contributed by atoms with Crippen LogP contribution in [-0.2, 0) is 6.54 Å². The molecule has 0 bridgehead atoms. The number of hydrogen-bond acceptors (Lipinski definition) is 3. The van der Waals surface area contributed by atoms with E-state index in [0.717, 1.165) is 21.8 Å². The topological polar surface area (TPSA) is 38.1 Å². The molecule has 96 valence electrons. The number of halogens is 1. The van der Waals surface area contributed by atoms with Gasteiger partial charge in [0.25, 0.3) is 0 Å². The summed E-state index contributed by atoms with van der Waals surface area (Å²) in [6.07, 6.45) is 1.69. The maximum absolute atomic E-state index is 5.93. The van der Waals surface area contributed by atoms with Gasteiger partial charge in [0.2, 0.25) is 5.89 Å². The van der Waals surface area contributed by atoms with Crippen molar-refractivity contribution in [3.05, 3.63) is 40.7 Å². The lowest BCUT2D eigenvalue weighted by molar-refractivity contribution is 0.560. The van der Waals surface area contributed by atoms with Gasteiger partial charge in [0.15, 0.2) is 0 Å². The van der Waals surface area contributed by atoms with Gasteiger partial charge in [-0.3, -0.25) is 0 Å². The van der Waals surface area contributed by atoms with Crippen molar-refractivity contribution in [3.8, 4) is 11.5 Å². The van der Waals surface area contributed by atoms with Gasteiger partial charge >= 0.3 is 0 Å².